The van der Waals surface area contributed by atoms with Crippen LogP contribution >= 0.6 is 11.3 Å². The maximum atomic E-state index is 12.4. The number of hydrogen-bond donors (Lipinski definition) is 0. The maximum Gasteiger partial charge on any atom is 0.254 e. The van der Waals surface area contributed by atoms with E-state index >= 15 is 0 Å². The lowest BCUT2D eigenvalue weighted by atomic mass is 9.97. The molecule has 1 amide bonds. The highest BCUT2D eigenvalue weighted by Crippen LogP contribution is 2.21. The lowest BCUT2D eigenvalue weighted by Crippen LogP contribution is -2.42. The van der Waals surface area contributed by atoms with Gasteiger partial charge in [-0.2, -0.15) is 11.3 Å². The highest BCUT2D eigenvalue weighted by molar-refractivity contribution is 7.08. The molecule has 140 valence electrons. The maximum absolute atomic E-state index is 12.4. The number of hydrogen-bond acceptors (Lipinski definition) is 4. The smallest absolute Gasteiger partial charge is 0.254 e. The fraction of sp³-hybridized carbons (Fsp3) is 0.476. The number of nitrogens with zero attached hydrogens (tertiary/aromatic N) is 2. The van der Waals surface area contributed by atoms with E-state index in [1.807, 2.05) is 40.9 Å². The van der Waals surface area contributed by atoms with Crippen LogP contribution in [0.25, 0.3) is 0 Å². The van der Waals surface area contributed by atoms with E-state index in [9.17, 15) is 4.79 Å². The van der Waals surface area contributed by atoms with Crippen molar-refractivity contribution in [3.8, 4) is 5.75 Å². The molecule has 1 aliphatic rings. The Morgan fingerprint density at radius 2 is 2.19 bits per heavy atom. The first-order chi connectivity index (χ1) is 12.7. The van der Waals surface area contributed by atoms with Crippen LogP contribution in [0.4, 0.5) is 0 Å². The van der Waals surface area contributed by atoms with Crippen LogP contribution in [0.1, 0.15) is 28.8 Å². The summed E-state index contributed by atoms with van der Waals surface area (Å²) in [6.45, 7) is 4.09. The van der Waals surface area contributed by atoms with Crippen LogP contribution in [0.2, 0.25) is 0 Å². The highest BCUT2D eigenvalue weighted by Gasteiger charge is 2.23. The summed E-state index contributed by atoms with van der Waals surface area (Å²) in [4.78, 5) is 16.9. The monoisotopic (exact) mass is 372 g/mol. The van der Waals surface area contributed by atoms with Crippen LogP contribution in [0.15, 0.2) is 41.1 Å². The molecule has 1 aromatic heterocycles. The first-order valence-corrected chi connectivity index (χ1v) is 10.2. The Morgan fingerprint density at radius 1 is 1.35 bits per heavy atom. The second-order valence-corrected chi connectivity index (χ2v) is 7.85. The quantitative estimate of drug-likeness (QED) is 0.741. The fourth-order valence-electron chi connectivity index (χ4n) is 3.77. The number of methoxy groups -OCH3 is 1. The molecule has 1 fully saturated rings. The number of carbonyl (C=O) groups is 1. The Bertz CT molecular complexity index is 702. The standard InChI is InChI=1S/C21H28N2O2S/c1-22(21(24)19-10-13-26-16-19)14-17-6-5-11-23(15-17)12-9-18-7-3-4-8-20(18)25-2/h3-4,7-8,10,13,16-17H,5-6,9,11-12,14-15H2,1-2H3/t17-/m0/s1. The molecule has 0 spiro atoms. The Kier molecular flexibility index (Phi) is 6.69. The summed E-state index contributed by atoms with van der Waals surface area (Å²) in [6, 6.07) is 10.2. The number of carbonyl (C=O) groups excluding carboxylic acids is 1. The second-order valence-electron chi connectivity index (χ2n) is 7.07. The van der Waals surface area contributed by atoms with Gasteiger partial charge < -0.3 is 14.5 Å². The predicted octanol–water partition coefficient (Wildman–Crippen LogP) is 3.78. The minimum absolute atomic E-state index is 0.136. The van der Waals surface area contributed by atoms with Gasteiger partial charge in [-0.1, -0.05) is 18.2 Å². The third-order valence-electron chi connectivity index (χ3n) is 5.14. The Labute approximate surface area is 160 Å². The number of benzene rings is 1. The molecular formula is C21H28N2O2S. The molecule has 1 aliphatic heterocycles. The lowest BCUT2D eigenvalue weighted by molar-refractivity contribution is 0.0731. The Hall–Kier alpha value is -1.85. The molecule has 0 N–H and O–H groups in total. The topological polar surface area (TPSA) is 32.8 Å². The molecule has 0 bridgehead atoms. The summed E-state index contributed by atoms with van der Waals surface area (Å²) in [5, 5.41) is 3.89. The molecule has 0 radical (unpaired) electrons. The highest BCUT2D eigenvalue weighted by atomic mass is 32.1. The van der Waals surface area contributed by atoms with Gasteiger partial charge in [-0.3, -0.25) is 4.79 Å². The van der Waals surface area contributed by atoms with E-state index in [1.165, 1.54) is 18.4 Å². The van der Waals surface area contributed by atoms with Crippen LogP contribution in [0, 0.1) is 5.92 Å². The average molecular weight is 373 g/mol. The molecule has 1 saturated heterocycles. The van der Waals surface area contributed by atoms with Gasteiger partial charge in [0.2, 0.25) is 0 Å². The number of ether oxygens (including phenoxy) is 1. The van der Waals surface area contributed by atoms with Gasteiger partial charge in [0, 0.05) is 32.1 Å². The third kappa shape index (κ3) is 4.86. The molecule has 3 rings (SSSR count). The molecule has 1 atom stereocenters. The first kappa shape index (κ1) is 18.9. The van der Waals surface area contributed by atoms with Crippen molar-refractivity contribution >= 4 is 17.2 Å². The SMILES string of the molecule is COc1ccccc1CCN1CCC[C@@H](CN(C)C(=O)c2ccsc2)C1. The second kappa shape index (κ2) is 9.19. The van der Waals surface area contributed by atoms with Crippen molar-refractivity contribution < 1.29 is 9.53 Å². The van der Waals surface area contributed by atoms with Crippen LogP contribution in [-0.2, 0) is 6.42 Å². The van der Waals surface area contributed by atoms with Crippen molar-refractivity contribution in [3.05, 3.63) is 52.2 Å². The van der Waals surface area contributed by atoms with Gasteiger partial charge in [0.25, 0.3) is 5.91 Å². The van der Waals surface area contributed by atoms with Crippen molar-refractivity contribution in [1.82, 2.24) is 9.80 Å². The van der Waals surface area contributed by atoms with E-state index in [4.69, 9.17) is 4.74 Å². The van der Waals surface area contributed by atoms with Gasteiger partial charge in [-0.15, -0.1) is 0 Å². The zero-order valence-electron chi connectivity index (χ0n) is 15.7. The summed E-state index contributed by atoms with van der Waals surface area (Å²) in [5.74, 6) is 1.66. The minimum Gasteiger partial charge on any atom is -0.496 e. The number of piperidine rings is 1. The molecule has 0 aliphatic carbocycles. The first-order valence-electron chi connectivity index (χ1n) is 9.29. The minimum atomic E-state index is 0.136. The Morgan fingerprint density at radius 3 is 2.96 bits per heavy atom. The van der Waals surface area contributed by atoms with E-state index < -0.39 is 0 Å². The van der Waals surface area contributed by atoms with Crippen LogP contribution in [0.5, 0.6) is 5.75 Å². The summed E-state index contributed by atoms with van der Waals surface area (Å²) < 4.78 is 5.46. The largest absolute Gasteiger partial charge is 0.496 e. The zero-order chi connectivity index (χ0) is 18.4. The molecule has 5 heteroatoms. The number of rotatable bonds is 7. The number of thiophene rings is 1. The van der Waals surface area contributed by atoms with Crippen molar-refractivity contribution in [1.29, 1.82) is 0 Å². The molecular weight excluding hydrogens is 344 g/mol. The predicted molar refractivity (Wildman–Crippen MR) is 107 cm³/mol. The molecule has 26 heavy (non-hydrogen) atoms. The number of para-hydroxylation sites is 1. The van der Waals surface area contributed by atoms with E-state index in [0.29, 0.717) is 5.92 Å². The average Bonchev–Trinajstić information content (AvgIpc) is 3.21. The third-order valence-corrected chi connectivity index (χ3v) is 5.82. The van der Waals surface area contributed by atoms with Crippen LogP contribution in [-0.4, -0.2) is 56.0 Å². The molecule has 0 saturated carbocycles. The molecule has 1 aromatic carbocycles. The van der Waals surface area contributed by atoms with Crippen molar-refractivity contribution in [2.24, 2.45) is 5.92 Å². The number of likely N-dealkylation sites (tertiary alicyclic amines) is 1. The van der Waals surface area contributed by atoms with Crippen molar-refractivity contribution in [2.45, 2.75) is 19.3 Å². The van der Waals surface area contributed by atoms with E-state index in [-0.39, 0.29) is 5.91 Å². The Balaban J connectivity index is 1.50. The lowest BCUT2D eigenvalue weighted by Gasteiger charge is -2.34. The summed E-state index contributed by atoms with van der Waals surface area (Å²) >= 11 is 1.57. The molecule has 2 aromatic rings. The fourth-order valence-corrected chi connectivity index (χ4v) is 4.40. The van der Waals surface area contributed by atoms with Gasteiger partial charge in [-0.05, 0) is 54.8 Å². The summed E-state index contributed by atoms with van der Waals surface area (Å²) in [6.07, 6.45) is 3.41. The van der Waals surface area contributed by atoms with Gasteiger partial charge in [-0.25, -0.2) is 0 Å². The normalized spacial score (nSPS) is 17.8. The van der Waals surface area contributed by atoms with Gasteiger partial charge in [0.15, 0.2) is 0 Å². The summed E-state index contributed by atoms with van der Waals surface area (Å²) in [5.41, 5.74) is 2.07. The molecule has 2 heterocycles. The van der Waals surface area contributed by atoms with E-state index in [0.717, 1.165) is 43.9 Å². The van der Waals surface area contributed by atoms with Crippen LogP contribution in [0.3, 0.4) is 0 Å². The van der Waals surface area contributed by atoms with Gasteiger partial charge in [0.1, 0.15) is 5.75 Å². The number of amides is 1. The summed E-state index contributed by atoms with van der Waals surface area (Å²) in [7, 11) is 3.66. The van der Waals surface area contributed by atoms with E-state index in [2.05, 4.69) is 17.0 Å². The molecule has 0 unspecified atom stereocenters. The van der Waals surface area contributed by atoms with Crippen molar-refractivity contribution in [2.75, 3.05) is 40.3 Å². The molecule has 4 nitrogen and oxygen atoms in total. The van der Waals surface area contributed by atoms with Gasteiger partial charge in [0.05, 0.1) is 12.7 Å². The van der Waals surface area contributed by atoms with Crippen molar-refractivity contribution in [3.63, 3.8) is 0 Å². The van der Waals surface area contributed by atoms with Crippen LogP contribution < -0.4 is 4.74 Å². The zero-order valence-corrected chi connectivity index (χ0v) is 16.5. The van der Waals surface area contributed by atoms with Gasteiger partial charge >= 0.3 is 0 Å². The van der Waals surface area contributed by atoms with E-state index in [1.54, 1.807) is 18.4 Å².